The number of unbranched alkanes of at least 4 members (excludes halogenated alkanes) is 8. The Hall–Kier alpha value is -0.570. The van der Waals surface area contributed by atoms with Gasteiger partial charge in [-0.25, -0.2) is 0 Å². The van der Waals surface area contributed by atoms with E-state index in [0.29, 0.717) is 13.0 Å². The van der Waals surface area contributed by atoms with Gasteiger partial charge in [0, 0.05) is 20.2 Å². The first-order valence-corrected chi connectivity index (χ1v) is 9.02. The Balaban J connectivity index is 3.93. The van der Waals surface area contributed by atoms with E-state index in [9.17, 15) is 4.79 Å². The standard InChI is InChI=1S/C18H37NO2/c1-4-6-8-10-12-15-19(18(20)14-17-21-3)16-13-11-9-7-5-2/h4-17H2,1-3H3. The van der Waals surface area contributed by atoms with Gasteiger partial charge in [-0.05, 0) is 12.8 Å². The van der Waals surface area contributed by atoms with Crippen molar-refractivity contribution in [1.29, 1.82) is 0 Å². The highest BCUT2D eigenvalue weighted by Crippen LogP contribution is 2.08. The Morgan fingerprint density at radius 1 is 0.810 bits per heavy atom. The van der Waals surface area contributed by atoms with Crippen LogP contribution >= 0.6 is 0 Å². The quantitative estimate of drug-likeness (QED) is 0.407. The van der Waals surface area contributed by atoms with E-state index in [0.717, 1.165) is 25.9 Å². The maximum atomic E-state index is 12.2. The zero-order valence-corrected chi connectivity index (χ0v) is 14.7. The van der Waals surface area contributed by atoms with Gasteiger partial charge in [0.05, 0.1) is 13.0 Å². The van der Waals surface area contributed by atoms with E-state index in [2.05, 4.69) is 18.7 Å². The number of methoxy groups -OCH3 is 1. The molecule has 0 aliphatic heterocycles. The molecule has 1 amide bonds. The van der Waals surface area contributed by atoms with Crippen LogP contribution < -0.4 is 0 Å². The van der Waals surface area contributed by atoms with Crippen molar-refractivity contribution in [3.05, 3.63) is 0 Å². The van der Waals surface area contributed by atoms with Crippen molar-refractivity contribution in [3.63, 3.8) is 0 Å². The Morgan fingerprint density at radius 3 is 1.71 bits per heavy atom. The van der Waals surface area contributed by atoms with Crippen molar-refractivity contribution < 1.29 is 9.53 Å². The Morgan fingerprint density at radius 2 is 1.29 bits per heavy atom. The molecule has 0 heterocycles. The fourth-order valence-electron chi connectivity index (χ4n) is 2.52. The third-order valence-electron chi connectivity index (χ3n) is 3.94. The summed E-state index contributed by atoms with van der Waals surface area (Å²) < 4.78 is 5.03. The lowest BCUT2D eigenvalue weighted by Crippen LogP contribution is -2.33. The van der Waals surface area contributed by atoms with Crippen LogP contribution in [0.2, 0.25) is 0 Å². The minimum Gasteiger partial charge on any atom is -0.384 e. The van der Waals surface area contributed by atoms with Crippen molar-refractivity contribution in [2.45, 2.75) is 84.5 Å². The van der Waals surface area contributed by atoms with E-state index >= 15 is 0 Å². The molecule has 0 fully saturated rings. The minimum absolute atomic E-state index is 0.267. The number of nitrogens with zero attached hydrogens (tertiary/aromatic N) is 1. The summed E-state index contributed by atoms with van der Waals surface area (Å²) in [5.41, 5.74) is 0. The number of carbonyl (C=O) groups is 1. The molecule has 126 valence electrons. The molecule has 0 aromatic heterocycles. The van der Waals surface area contributed by atoms with Crippen molar-refractivity contribution >= 4 is 5.91 Å². The summed E-state index contributed by atoms with van der Waals surface area (Å²) in [6.45, 7) is 6.87. The van der Waals surface area contributed by atoms with E-state index in [1.54, 1.807) is 7.11 Å². The predicted octanol–water partition coefficient (Wildman–Crippen LogP) is 4.79. The van der Waals surface area contributed by atoms with Crippen LogP contribution in [0.15, 0.2) is 0 Å². The normalized spacial score (nSPS) is 10.8. The van der Waals surface area contributed by atoms with Gasteiger partial charge in [0.25, 0.3) is 0 Å². The molecule has 0 rings (SSSR count). The Bertz CT molecular complexity index is 217. The second kappa shape index (κ2) is 15.8. The zero-order valence-electron chi connectivity index (χ0n) is 14.7. The molecule has 0 unspecified atom stereocenters. The molecule has 0 aromatic carbocycles. The molecule has 21 heavy (non-hydrogen) atoms. The second-order valence-electron chi connectivity index (χ2n) is 5.95. The minimum atomic E-state index is 0.267. The topological polar surface area (TPSA) is 29.5 Å². The molecular weight excluding hydrogens is 262 g/mol. The van der Waals surface area contributed by atoms with Crippen molar-refractivity contribution in [2.75, 3.05) is 26.8 Å². The average molecular weight is 299 g/mol. The summed E-state index contributed by atoms with van der Waals surface area (Å²) in [7, 11) is 1.66. The van der Waals surface area contributed by atoms with Crippen LogP contribution in [0.1, 0.15) is 84.5 Å². The lowest BCUT2D eigenvalue weighted by Gasteiger charge is -2.23. The second-order valence-corrected chi connectivity index (χ2v) is 5.95. The third kappa shape index (κ3) is 12.9. The molecule has 0 radical (unpaired) electrons. The van der Waals surface area contributed by atoms with Gasteiger partial charge in [-0.1, -0.05) is 65.2 Å². The Labute approximate surface area is 132 Å². The summed E-state index contributed by atoms with van der Waals surface area (Å²) in [5.74, 6) is 0.267. The lowest BCUT2D eigenvalue weighted by molar-refractivity contribution is -0.132. The molecular formula is C18H37NO2. The number of amides is 1. The summed E-state index contributed by atoms with van der Waals surface area (Å²) in [6, 6.07) is 0. The third-order valence-corrected chi connectivity index (χ3v) is 3.94. The number of rotatable bonds is 15. The van der Waals surface area contributed by atoms with Gasteiger partial charge in [-0.2, -0.15) is 0 Å². The first kappa shape index (κ1) is 20.4. The van der Waals surface area contributed by atoms with Gasteiger partial charge < -0.3 is 9.64 Å². The summed E-state index contributed by atoms with van der Waals surface area (Å²) >= 11 is 0. The van der Waals surface area contributed by atoms with Crippen LogP contribution in [-0.2, 0) is 9.53 Å². The largest absolute Gasteiger partial charge is 0.384 e. The fourth-order valence-corrected chi connectivity index (χ4v) is 2.52. The van der Waals surface area contributed by atoms with Crippen LogP contribution in [0, 0.1) is 0 Å². The average Bonchev–Trinajstić information content (AvgIpc) is 2.50. The maximum absolute atomic E-state index is 12.2. The van der Waals surface area contributed by atoms with Gasteiger partial charge in [-0.15, -0.1) is 0 Å². The Kier molecular flexibility index (Phi) is 15.4. The summed E-state index contributed by atoms with van der Waals surface area (Å²) in [4.78, 5) is 14.3. The SMILES string of the molecule is CCCCCCCN(CCCCCCC)C(=O)CCOC. The maximum Gasteiger partial charge on any atom is 0.224 e. The zero-order chi connectivity index (χ0) is 15.8. The van der Waals surface area contributed by atoms with Crippen molar-refractivity contribution in [3.8, 4) is 0 Å². The number of hydrogen-bond acceptors (Lipinski definition) is 2. The van der Waals surface area contributed by atoms with E-state index < -0.39 is 0 Å². The molecule has 0 bridgehead atoms. The first-order valence-electron chi connectivity index (χ1n) is 9.02. The van der Waals surface area contributed by atoms with E-state index in [4.69, 9.17) is 4.74 Å². The smallest absolute Gasteiger partial charge is 0.224 e. The summed E-state index contributed by atoms with van der Waals surface area (Å²) in [6.07, 6.45) is 13.1. The number of ether oxygens (including phenoxy) is 1. The first-order chi connectivity index (χ1) is 10.3. The van der Waals surface area contributed by atoms with Crippen molar-refractivity contribution in [1.82, 2.24) is 4.90 Å². The number of carbonyl (C=O) groups excluding carboxylic acids is 1. The highest BCUT2D eigenvalue weighted by atomic mass is 16.5. The molecule has 0 atom stereocenters. The van der Waals surface area contributed by atoms with E-state index in [1.165, 1.54) is 51.4 Å². The van der Waals surface area contributed by atoms with Crippen LogP contribution in [-0.4, -0.2) is 37.6 Å². The van der Waals surface area contributed by atoms with Gasteiger partial charge in [0.1, 0.15) is 0 Å². The molecule has 0 aliphatic carbocycles. The molecule has 0 saturated heterocycles. The van der Waals surface area contributed by atoms with E-state index in [1.807, 2.05) is 0 Å². The molecule has 0 aliphatic rings. The van der Waals surface area contributed by atoms with Crippen LogP contribution in [0.25, 0.3) is 0 Å². The highest BCUT2D eigenvalue weighted by molar-refractivity contribution is 5.76. The summed E-state index contributed by atoms with van der Waals surface area (Å²) in [5, 5.41) is 0. The highest BCUT2D eigenvalue weighted by Gasteiger charge is 2.12. The predicted molar refractivity (Wildman–Crippen MR) is 90.6 cm³/mol. The molecule has 0 spiro atoms. The lowest BCUT2D eigenvalue weighted by atomic mass is 10.1. The van der Waals surface area contributed by atoms with Gasteiger partial charge in [-0.3, -0.25) is 4.79 Å². The molecule has 3 heteroatoms. The molecule has 0 N–H and O–H groups in total. The van der Waals surface area contributed by atoms with Crippen LogP contribution in [0.3, 0.4) is 0 Å². The van der Waals surface area contributed by atoms with Gasteiger partial charge in [0.15, 0.2) is 0 Å². The number of hydrogen-bond donors (Lipinski definition) is 0. The molecule has 0 saturated carbocycles. The van der Waals surface area contributed by atoms with Crippen LogP contribution in [0.5, 0.6) is 0 Å². The molecule has 3 nitrogen and oxygen atoms in total. The fraction of sp³-hybridized carbons (Fsp3) is 0.944. The van der Waals surface area contributed by atoms with E-state index in [-0.39, 0.29) is 5.91 Å². The van der Waals surface area contributed by atoms with Gasteiger partial charge in [0.2, 0.25) is 5.91 Å². The van der Waals surface area contributed by atoms with Gasteiger partial charge >= 0.3 is 0 Å². The van der Waals surface area contributed by atoms with Crippen LogP contribution in [0.4, 0.5) is 0 Å². The van der Waals surface area contributed by atoms with Crippen molar-refractivity contribution in [2.24, 2.45) is 0 Å². The monoisotopic (exact) mass is 299 g/mol. The molecule has 0 aromatic rings.